The van der Waals surface area contributed by atoms with Crippen molar-refractivity contribution >= 4 is 5.97 Å². The van der Waals surface area contributed by atoms with Crippen molar-refractivity contribution in [3.05, 3.63) is 29.3 Å². The molecule has 1 aromatic carbocycles. The van der Waals surface area contributed by atoms with Gasteiger partial charge in [0.25, 0.3) is 0 Å². The van der Waals surface area contributed by atoms with Gasteiger partial charge >= 0.3 is 5.97 Å². The summed E-state index contributed by atoms with van der Waals surface area (Å²) in [6, 6.07) is 5.21. The quantitative estimate of drug-likeness (QED) is 0.790. The Labute approximate surface area is 122 Å². The first-order valence-electron chi connectivity index (χ1n) is 7.19. The number of hydrogen-bond acceptors (Lipinski definition) is 3. The van der Waals surface area contributed by atoms with Gasteiger partial charge in [0.05, 0.1) is 7.11 Å². The van der Waals surface area contributed by atoms with Crippen LogP contribution in [0.15, 0.2) is 18.2 Å². The van der Waals surface area contributed by atoms with Gasteiger partial charge in [-0.1, -0.05) is 46.6 Å². The summed E-state index contributed by atoms with van der Waals surface area (Å²) in [6.45, 7) is 8.79. The molecule has 0 saturated carbocycles. The third-order valence-corrected chi connectivity index (χ3v) is 3.77. The van der Waals surface area contributed by atoms with E-state index in [1.807, 2.05) is 6.07 Å². The van der Waals surface area contributed by atoms with Crippen LogP contribution in [0.2, 0.25) is 0 Å². The maximum atomic E-state index is 11.6. The van der Waals surface area contributed by atoms with Gasteiger partial charge in [-0.25, -0.2) is 4.79 Å². The number of phenolic OH excluding ortho intramolecular Hbond substituents is 1. The lowest BCUT2D eigenvalue weighted by Gasteiger charge is -2.26. The molecule has 3 heteroatoms. The van der Waals surface area contributed by atoms with Crippen molar-refractivity contribution < 1.29 is 14.6 Å². The molecule has 112 valence electrons. The molecule has 0 heterocycles. The molecule has 0 aliphatic carbocycles. The molecule has 3 nitrogen and oxygen atoms in total. The Morgan fingerprint density at radius 3 is 2.55 bits per heavy atom. The largest absolute Gasteiger partial charge is 0.507 e. The molecule has 0 aliphatic rings. The predicted molar refractivity (Wildman–Crippen MR) is 81.2 cm³/mol. The summed E-state index contributed by atoms with van der Waals surface area (Å²) < 4.78 is 4.70. The van der Waals surface area contributed by atoms with E-state index in [2.05, 4.69) is 27.7 Å². The highest BCUT2D eigenvalue weighted by atomic mass is 16.5. The van der Waals surface area contributed by atoms with Gasteiger partial charge in [0.15, 0.2) is 0 Å². The molecule has 0 saturated heterocycles. The highest BCUT2D eigenvalue weighted by Crippen LogP contribution is 2.32. The van der Waals surface area contributed by atoms with Crippen LogP contribution in [0.25, 0.3) is 0 Å². The minimum atomic E-state index is -0.498. The van der Waals surface area contributed by atoms with Crippen LogP contribution in [-0.2, 0) is 10.2 Å². The smallest absolute Gasteiger partial charge is 0.341 e. The number of benzene rings is 1. The van der Waals surface area contributed by atoms with E-state index in [-0.39, 0.29) is 16.7 Å². The standard InChI is InChI=1S/C17H26O3/c1-12(2)7-6-10-17(3,4)13-8-9-15(18)14(11-13)16(19)20-5/h8-9,11-12,18H,6-7,10H2,1-5H3. The van der Waals surface area contributed by atoms with Crippen molar-refractivity contribution in [1.29, 1.82) is 0 Å². The average molecular weight is 278 g/mol. The summed E-state index contributed by atoms with van der Waals surface area (Å²) in [5.41, 5.74) is 1.27. The third-order valence-electron chi connectivity index (χ3n) is 3.77. The fourth-order valence-corrected chi connectivity index (χ4v) is 2.33. The second kappa shape index (κ2) is 6.78. The minimum absolute atomic E-state index is 0.0225. The molecule has 0 fully saturated rings. The molecular weight excluding hydrogens is 252 g/mol. The second-order valence-electron chi connectivity index (χ2n) is 6.39. The van der Waals surface area contributed by atoms with Gasteiger partial charge in [-0.05, 0) is 35.4 Å². The summed E-state index contributed by atoms with van der Waals surface area (Å²) in [6.07, 6.45) is 3.40. The molecule has 1 aromatic rings. The van der Waals surface area contributed by atoms with Crippen LogP contribution in [0.4, 0.5) is 0 Å². The number of aromatic hydroxyl groups is 1. The number of esters is 1. The number of ether oxygens (including phenoxy) is 1. The minimum Gasteiger partial charge on any atom is -0.507 e. The van der Waals surface area contributed by atoms with E-state index >= 15 is 0 Å². The number of hydrogen-bond donors (Lipinski definition) is 1. The summed E-state index contributed by atoms with van der Waals surface area (Å²) in [7, 11) is 1.32. The lowest BCUT2D eigenvalue weighted by Crippen LogP contribution is -2.18. The van der Waals surface area contributed by atoms with E-state index in [9.17, 15) is 9.90 Å². The highest BCUT2D eigenvalue weighted by molar-refractivity contribution is 5.92. The molecular formula is C17H26O3. The molecule has 20 heavy (non-hydrogen) atoms. The molecule has 0 aliphatic heterocycles. The lowest BCUT2D eigenvalue weighted by atomic mass is 9.79. The molecule has 1 N–H and O–H groups in total. The van der Waals surface area contributed by atoms with E-state index in [0.29, 0.717) is 5.92 Å². The Morgan fingerprint density at radius 2 is 2.00 bits per heavy atom. The topological polar surface area (TPSA) is 46.5 Å². The van der Waals surface area contributed by atoms with Gasteiger partial charge in [0.1, 0.15) is 11.3 Å². The molecule has 0 atom stereocenters. The van der Waals surface area contributed by atoms with Crippen molar-refractivity contribution in [2.45, 2.75) is 52.4 Å². The zero-order valence-corrected chi connectivity index (χ0v) is 13.2. The number of rotatable bonds is 6. The van der Waals surface area contributed by atoms with Crippen molar-refractivity contribution in [2.75, 3.05) is 7.11 Å². The Hall–Kier alpha value is -1.51. The summed E-state index contributed by atoms with van der Waals surface area (Å²) in [5, 5.41) is 9.75. The Bertz CT molecular complexity index is 461. The Balaban J connectivity index is 2.92. The van der Waals surface area contributed by atoms with Crippen LogP contribution in [0, 0.1) is 5.92 Å². The molecule has 0 spiro atoms. The fraction of sp³-hybridized carbons (Fsp3) is 0.588. The SMILES string of the molecule is COC(=O)c1cc(C(C)(C)CCCC(C)C)ccc1O. The third kappa shape index (κ3) is 4.26. The van der Waals surface area contributed by atoms with Crippen LogP contribution in [0.3, 0.4) is 0 Å². The molecule has 0 amide bonds. The van der Waals surface area contributed by atoms with Crippen molar-refractivity contribution in [3.63, 3.8) is 0 Å². The van der Waals surface area contributed by atoms with Crippen molar-refractivity contribution in [2.24, 2.45) is 5.92 Å². The van der Waals surface area contributed by atoms with Gasteiger partial charge in [-0.15, -0.1) is 0 Å². The monoisotopic (exact) mass is 278 g/mol. The van der Waals surface area contributed by atoms with Crippen LogP contribution < -0.4 is 0 Å². The van der Waals surface area contributed by atoms with Crippen LogP contribution in [0.5, 0.6) is 5.75 Å². The molecule has 0 unspecified atom stereocenters. The number of carbonyl (C=O) groups is 1. The van der Waals surface area contributed by atoms with E-state index < -0.39 is 5.97 Å². The summed E-state index contributed by atoms with van der Waals surface area (Å²) in [4.78, 5) is 11.6. The van der Waals surface area contributed by atoms with Gasteiger partial charge in [-0.2, -0.15) is 0 Å². The Morgan fingerprint density at radius 1 is 1.35 bits per heavy atom. The maximum absolute atomic E-state index is 11.6. The van der Waals surface area contributed by atoms with E-state index in [1.54, 1.807) is 12.1 Å². The Kier molecular flexibility index (Phi) is 5.61. The second-order valence-corrected chi connectivity index (χ2v) is 6.39. The van der Waals surface area contributed by atoms with Gasteiger partial charge in [0, 0.05) is 0 Å². The average Bonchev–Trinajstić information content (AvgIpc) is 2.37. The first-order valence-corrected chi connectivity index (χ1v) is 7.19. The van der Waals surface area contributed by atoms with Crippen LogP contribution in [0.1, 0.15) is 62.9 Å². The fourth-order valence-electron chi connectivity index (χ4n) is 2.33. The predicted octanol–water partition coefficient (Wildman–Crippen LogP) is 4.28. The molecule has 0 bridgehead atoms. The lowest BCUT2D eigenvalue weighted by molar-refractivity contribution is 0.0597. The van der Waals surface area contributed by atoms with E-state index in [0.717, 1.165) is 18.4 Å². The van der Waals surface area contributed by atoms with Crippen molar-refractivity contribution in [3.8, 4) is 5.75 Å². The van der Waals surface area contributed by atoms with Gasteiger partial charge in [-0.3, -0.25) is 0 Å². The number of carbonyl (C=O) groups excluding carboxylic acids is 1. The van der Waals surface area contributed by atoms with Crippen LogP contribution in [-0.4, -0.2) is 18.2 Å². The zero-order chi connectivity index (χ0) is 15.3. The van der Waals surface area contributed by atoms with Gasteiger partial charge in [0.2, 0.25) is 0 Å². The first kappa shape index (κ1) is 16.5. The van der Waals surface area contributed by atoms with Crippen LogP contribution >= 0.6 is 0 Å². The summed E-state index contributed by atoms with van der Waals surface area (Å²) in [5.74, 6) is 0.178. The molecule has 0 radical (unpaired) electrons. The first-order chi connectivity index (χ1) is 9.27. The normalized spacial score (nSPS) is 11.7. The molecule has 1 rings (SSSR count). The van der Waals surface area contributed by atoms with E-state index in [1.165, 1.54) is 13.5 Å². The zero-order valence-electron chi connectivity index (χ0n) is 13.2. The number of methoxy groups -OCH3 is 1. The summed E-state index contributed by atoms with van der Waals surface area (Å²) >= 11 is 0. The number of phenols is 1. The van der Waals surface area contributed by atoms with Gasteiger partial charge < -0.3 is 9.84 Å². The maximum Gasteiger partial charge on any atom is 0.341 e. The van der Waals surface area contributed by atoms with Crippen molar-refractivity contribution in [1.82, 2.24) is 0 Å². The highest BCUT2D eigenvalue weighted by Gasteiger charge is 2.23. The van der Waals surface area contributed by atoms with E-state index in [4.69, 9.17) is 4.74 Å². The molecule has 0 aromatic heterocycles.